The van der Waals surface area contributed by atoms with Gasteiger partial charge >= 0.3 is 48.9 Å². The fourth-order valence-electron chi connectivity index (χ4n) is 12.0. The van der Waals surface area contributed by atoms with Crippen LogP contribution in [-0.4, -0.2) is 74.8 Å². The first-order valence-corrected chi connectivity index (χ1v) is 36.8. The van der Waals surface area contributed by atoms with Crippen molar-refractivity contribution >= 4 is 90.7 Å². The van der Waals surface area contributed by atoms with Crippen molar-refractivity contribution in [3.63, 3.8) is 0 Å². The van der Waals surface area contributed by atoms with Gasteiger partial charge in [-0.1, -0.05) is 333 Å². The topological polar surface area (TPSA) is 114 Å². The van der Waals surface area contributed by atoms with Crippen molar-refractivity contribution in [2.75, 3.05) is 0 Å². The standard InChI is InChI=1S/2C36H60O3S.Ba/c2*1-3-5-7-9-11-13-15-17-19-21-23-25-32-27-28-33-29-30-36(40(37,38)39)34(35(33)31-32)26-24-22-20-18-16-14-12-10-8-6-4-2;/h2*27-31H,3-26H2,1-2H3,(H,37,38,39);/q;;+2/p-2. The van der Waals surface area contributed by atoms with Crippen LogP contribution in [0.3, 0.4) is 0 Å². The molecule has 0 amide bonds. The Morgan fingerprint density at radius 3 is 0.691 bits per heavy atom. The summed E-state index contributed by atoms with van der Waals surface area (Å²) in [6, 6.07) is 19.5. The number of fused-ring (bicyclic) bond motifs is 2. The van der Waals surface area contributed by atoms with E-state index in [9.17, 15) is 25.9 Å². The van der Waals surface area contributed by atoms with E-state index in [4.69, 9.17) is 0 Å². The maximum absolute atomic E-state index is 12.1. The molecular formula is C72H118BaO6S2. The number of aryl methyl sites for hydroxylation is 4. The first-order valence-electron chi connectivity index (χ1n) is 33.9. The van der Waals surface area contributed by atoms with E-state index in [1.807, 2.05) is 0 Å². The van der Waals surface area contributed by atoms with Gasteiger partial charge in [0.25, 0.3) is 0 Å². The van der Waals surface area contributed by atoms with E-state index in [1.54, 1.807) is 12.1 Å². The van der Waals surface area contributed by atoms with Crippen molar-refractivity contribution in [3.05, 3.63) is 82.9 Å². The van der Waals surface area contributed by atoms with Crippen LogP contribution in [0.5, 0.6) is 0 Å². The molecule has 0 aliphatic rings. The fourth-order valence-corrected chi connectivity index (χ4v) is 13.5. The number of hydrogen-bond donors (Lipinski definition) is 0. The van der Waals surface area contributed by atoms with Crippen LogP contribution in [0.25, 0.3) is 21.5 Å². The molecule has 0 aliphatic heterocycles. The summed E-state index contributed by atoms with van der Waals surface area (Å²) in [7, 11) is -8.98. The van der Waals surface area contributed by atoms with Gasteiger partial charge in [-0.05, 0) is 107 Å². The zero-order valence-electron chi connectivity index (χ0n) is 52.7. The Morgan fingerprint density at radius 1 is 0.272 bits per heavy atom. The second-order valence-electron chi connectivity index (χ2n) is 24.2. The van der Waals surface area contributed by atoms with Crippen molar-refractivity contribution in [2.24, 2.45) is 0 Å². The predicted octanol–water partition coefficient (Wildman–Crippen LogP) is 22.5. The van der Waals surface area contributed by atoms with Crippen LogP contribution in [0.1, 0.15) is 332 Å². The van der Waals surface area contributed by atoms with Gasteiger partial charge in [0.2, 0.25) is 0 Å². The molecule has 456 valence electrons. The number of benzene rings is 4. The minimum atomic E-state index is -4.49. The Kier molecular flexibility index (Phi) is 45.8. The molecule has 0 unspecified atom stereocenters. The second-order valence-corrected chi connectivity index (χ2v) is 26.9. The van der Waals surface area contributed by atoms with E-state index in [1.165, 1.54) is 267 Å². The van der Waals surface area contributed by atoms with Crippen LogP contribution < -0.4 is 0 Å². The minimum absolute atomic E-state index is 0. The molecule has 4 aromatic rings. The van der Waals surface area contributed by atoms with Gasteiger partial charge in [0.15, 0.2) is 0 Å². The van der Waals surface area contributed by atoms with Crippen LogP contribution in [0.4, 0.5) is 0 Å². The molecule has 81 heavy (non-hydrogen) atoms. The summed E-state index contributed by atoms with van der Waals surface area (Å²) < 4.78 is 72.7. The Labute approximate surface area is 540 Å². The molecule has 0 N–H and O–H groups in total. The summed E-state index contributed by atoms with van der Waals surface area (Å²) in [5.41, 5.74) is 3.99. The Hall–Kier alpha value is -1.21. The van der Waals surface area contributed by atoms with Gasteiger partial charge in [-0.25, -0.2) is 16.8 Å². The third kappa shape index (κ3) is 35.3. The molecule has 6 nitrogen and oxygen atoms in total. The van der Waals surface area contributed by atoms with Gasteiger partial charge < -0.3 is 9.11 Å². The van der Waals surface area contributed by atoms with Crippen LogP contribution in [0.2, 0.25) is 0 Å². The quantitative estimate of drug-likeness (QED) is 0.0247. The van der Waals surface area contributed by atoms with E-state index in [-0.39, 0.29) is 58.7 Å². The van der Waals surface area contributed by atoms with Crippen molar-refractivity contribution < 1.29 is 25.9 Å². The number of unbranched alkanes of at least 4 members (excludes halogenated alkanes) is 40. The molecule has 0 heterocycles. The molecule has 0 radical (unpaired) electrons. The summed E-state index contributed by atoms with van der Waals surface area (Å²) >= 11 is 0. The number of rotatable bonds is 50. The summed E-state index contributed by atoms with van der Waals surface area (Å²) in [5.74, 6) is 0. The average molecular weight is 1280 g/mol. The van der Waals surface area contributed by atoms with E-state index in [0.29, 0.717) is 12.8 Å². The molecule has 0 aromatic heterocycles. The molecule has 0 bridgehead atoms. The summed E-state index contributed by atoms with van der Waals surface area (Å²) in [4.78, 5) is -0.0298. The van der Waals surface area contributed by atoms with E-state index >= 15 is 0 Å². The van der Waals surface area contributed by atoms with Crippen LogP contribution in [0.15, 0.2) is 70.5 Å². The smallest absolute Gasteiger partial charge is 0.744 e. The molecule has 0 spiro atoms. The molecule has 0 saturated heterocycles. The zero-order chi connectivity index (χ0) is 57.8. The van der Waals surface area contributed by atoms with Crippen molar-refractivity contribution in [1.82, 2.24) is 0 Å². The van der Waals surface area contributed by atoms with Gasteiger partial charge in [-0.3, -0.25) is 0 Å². The molecule has 4 rings (SSSR count). The molecule has 0 fully saturated rings. The predicted molar refractivity (Wildman–Crippen MR) is 350 cm³/mol. The first kappa shape index (κ1) is 75.9. The van der Waals surface area contributed by atoms with E-state index < -0.39 is 20.2 Å². The number of hydrogen-bond acceptors (Lipinski definition) is 6. The van der Waals surface area contributed by atoms with Crippen molar-refractivity contribution in [2.45, 2.75) is 346 Å². The maximum atomic E-state index is 12.1. The van der Waals surface area contributed by atoms with Crippen molar-refractivity contribution in [3.8, 4) is 0 Å². The van der Waals surface area contributed by atoms with Gasteiger partial charge in [0, 0.05) is 0 Å². The van der Waals surface area contributed by atoms with Gasteiger partial charge in [0.05, 0.1) is 9.79 Å². The largest absolute Gasteiger partial charge is 2.00 e. The first-order chi connectivity index (χ1) is 38.9. The fraction of sp³-hybridized carbons (Fsp3) is 0.722. The summed E-state index contributed by atoms with van der Waals surface area (Å²) in [6.45, 7) is 9.05. The molecule has 0 saturated carbocycles. The molecule has 9 heteroatoms. The van der Waals surface area contributed by atoms with Gasteiger partial charge in [0.1, 0.15) is 20.2 Å². The maximum Gasteiger partial charge on any atom is 2.00 e. The van der Waals surface area contributed by atoms with Crippen molar-refractivity contribution in [1.29, 1.82) is 0 Å². The van der Waals surface area contributed by atoms with E-state index in [0.717, 1.165) is 84.0 Å². The molecule has 4 aromatic carbocycles. The minimum Gasteiger partial charge on any atom is -0.744 e. The Balaban J connectivity index is 0.000000547. The summed E-state index contributed by atoms with van der Waals surface area (Å²) in [6.07, 6.45) is 60.3. The van der Waals surface area contributed by atoms with Crippen LogP contribution >= 0.6 is 0 Å². The second kappa shape index (κ2) is 48.9. The normalized spacial score (nSPS) is 11.8. The van der Waals surface area contributed by atoms with Crippen LogP contribution in [-0.2, 0) is 45.9 Å². The third-order valence-corrected chi connectivity index (χ3v) is 18.9. The van der Waals surface area contributed by atoms with Gasteiger partial charge in [-0.2, -0.15) is 0 Å². The molecule has 0 aliphatic carbocycles. The molecular weight excluding hydrogens is 1160 g/mol. The third-order valence-electron chi connectivity index (χ3n) is 17.0. The zero-order valence-corrected chi connectivity index (χ0v) is 58.8. The average Bonchev–Trinajstić information content (AvgIpc) is 3.48. The van der Waals surface area contributed by atoms with E-state index in [2.05, 4.69) is 64.1 Å². The summed E-state index contributed by atoms with van der Waals surface area (Å²) in [5, 5.41) is 4.00. The molecule has 0 atom stereocenters. The Bertz CT molecular complexity index is 2230. The SMILES string of the molecule is CCCCCCCCCCCCCc1ccc2ccc(S(=O)(=O)[O-])c(CCCCCCCCCCCCC)c2c1.CCCCCCCCCCCCCc1ccc2ccc(S(=O)(=O)[O-])c(CCCCCCCCCCCCC)c2c1.[Ba+2]. The Morgan fingerprint density at radius 2 is 0.469 bits per heavy atom. The van der Waals surface area contributed by atoms with Gasteiger partial charge in [-0.15, -0.1) is 0 Å². The monoisotopic (exact) mass is 1280 g/mol. The van der Waals surface area contributed by atoms with Crippen LogP contribution in [0, 0.1) is 0 Å².